The normalized spacial score (nSPS) is 11.1. The fourth-order valence-electron chi connectivity index (χ4n) is 2.30. The van der Waals surface area contributed by atoms with Gasteiger partial charge in [0, 0.05) is 18.3 Å². The SMILES string of the molecule is Cc1ccc2nc(COC(=O)/C=C/c3cccc(F)c3)cc(=O)n2c1. The van der Waals surface area contributed by atoms with E-state index in [9.17, 15) is 14.0 Å². The Hall–Kier alpha value is -3.28. The van der Waals surface area contributed by atoms with Crippen LogP contribution in [0.5, 0.6) is 0 Å². The van der Waals surface area contributed by atoms with Crippen LogP contribution in [0.2, 0.25) is 0 Å². The van der Waals surface area contributed by atoms with Gasteiger partial charge in [-0.05, 0) is 42.3 Å². The van der Waals surface area contributed by atoms with Crippen LogP contribution >= 0.6 is 0 Å². The zero-order valence-corrected chi connectivity index (χ0v) is 13.5. The molecule has 6 heteroatoms. The lowest BCUT2D eigenvalue weighted by molar-refractivity contribution is -0.139. The van der Waals surface area contributed by atoms with Gasteiger partial charge in [-0.1, -0.05) is 18.2 Å². The number of rotatable bonds is 4. The summed E-state index contributed by atoms with van der Waals surface area (Å²) in [5.41, 5.74) is 2.10. The van der Waals surface area contributed by atoms with Crippen molar-refractivity contribution in [2.45, 2.75) is 13.5 Å². The highest BCUT2D eigenvalue weighted by Crippen LogP contribution is 2.06. The van der Waals surface area contributed by atoms with Crippen LogP contribution < -0.4 is 5.56 Å². The number of aryl methyl sites for hydroxylation is 1. The summed E-state index contributed by atoms with van der Waals surface area (Å²) in [6.07, 6.45) is 4.35. The molecule has 25 heavy (non-hydrogen) atoms. The number of carbonyl (C=O) groups excluding carboxylic acids is 1. The minimum Gasteiger partial charge on any atom is -0.456 e. The Labute approximate surface area is 143 Å². The first-order valence-corrected chi connectivity index (χ1v) is 7.60. The zero-order valence-electron chi connectivity index (χ0n) is 13.5. The van der Waals surface area contributed by atoms with E-state index in [0.717, 1.165) is 5.56 Å². The van der Waals surface area contributed by atoms with E-state index in [-0.39, 0.29) is 18.0 Å². The third-order valence-electron chi connectivity index (χ3n) is 3.48. The Morgan fingerprint density at radius 1 is 1.28 bits per heavy atom. The van der Waals surface area contributed by atoms with Crippen molar-refractivity contribution in [2.24, 2.45) is 0 Å². The third-order valence-corrected chi connectivity index (χ3v) is 3.48. The lowest BCUT2D eigenvalue weighted by Crippen LogP contribution is -2.16. The van der Waals surface area contributed by atoms with Crippen LogP contribution in [0.1, 0.15) is 16.8 Å². The molecule has 0 aliphatic rings. The Kier molecular flexibility index (Phi) is 4.70. The van der Waals surface area contributed by atoms with Crippen LogP contribution in [0.3, 0.4) is 0 Å². The largest absolute Gasteiger partial charge is 0.456 e. The number of carbonyl (C=O) groups is 1. The van der Waals surface area contributed by atoms with Crippen LogP contribution in [-0.4, -0.2) is 15.4 Å². The average Bonchev–Trinajstić information content (AvgIpc) is 2.59. The summed E-state index contributed by atoms with van der Waals surface area (Å²) in [5.74, 6) is -0.984. The number of pyridine rings is 1. The minimum absolute atomic E-state index is 0.119. The Bertz CT molecular complexity index is 1020. The van der Waals surface area contributed by atoms with Crippen molar-refractivity contribution in [3.8, 4) is 0 Å². The number of halogens is 1. The molecule has 0 saturated carbocycles. The number of esters is 1. The van der Waals surface area contributed by atoms with Crippen molar-refractivity contribution >= 4 is 17.7 Å². The standard InChI is InChI=1S/C19H15FN2O3/c1-13-5-7-17-21-16(10-18(23)22(17)11-13)12-25-19(24)8-6-14-3-2-4-15(20)9-14/h2-11H,12H2,1H3/b8-6+. The molecule has 0 aliphatic carbocycles. The average molecular weight is 338 g/mol. The van der Waals surface area contributed by atoms with Gasteiger partial charge in [-0.2, -0.15) is 0 Å². The van der Waals surface area contributed by atoms with Crippen molar-refractivity contribution < 1.29 is 13.9 Å². The summed E-state index contributed by atoms with van der Waals surface area (Å²) in [6.45, 7) is 1.76. The van der Waals surface area contributed by atoms with Gasteiger partial charge in [-0.25, -0.2) is 14.2 Å². The molecule has 0 atom stereocenters. The van der Waals surface area contributed by atoms with E-state index in [4.69, 9.17) is 4.74 Å². The molecule has 3 aromatic rings. The number of ether oxygens (including phenoxy) is 1. The molecule has 0 saturated heterocycles. The number of hydrogen-bond acceptors (Lipinski definition) is 4. The predicted octanol–water partition coefficient (Wildman–Crippen LogP) is 2.90. The van der Waals surface area contributed by atoms with Gasteiger partial charge in [-0.3, -0.25) is 9.20 Å². The maximum atomic E-state index is 13.1. The van der Waals surface area contributed by atoms with E-state index in [1.165, 1.54) is 34.8 Å². The van der Waals surface area contributed by atoms with Crippen molar-refractivity contribution in [1.82, 2.24) is 9.38 Å². The van der Waals surface area contributed by atoms with Gasteiger partial charge in [-0.15, -0.1) is 0 Å². The quantitative estimate of drug-likeness (QED) is 0.542. The summed E-state index contributed by atoms with van der Waals surface area (Å²) in [4.78, 5) is 28.1. The van der Waals surface area contributed by atoms with Crippen molar-refractivity contribution in [1.29, 1.82) is 0 Å². The van der Waals surface area contributed by atoms with Crippen LogP contribution in [0, 0.1) is 12.7 Å². The Balaban J connectivity index is 1.69. The second-order valence-electron chi connectivity index (χ2n) is 5.52. The third kappa shape index (κ3) is 4.17. The fourth-order valence-corrected chi connectivity index (χ4v) is 2.30. The van der Waals surface area contributed by atoms with Gasteiger partial charge in [0.15, 0.2) is 0 Å². The molecule has 2 heterocycles. The first-order valence-electron chi connectivity index (χ1n) is 7.60. The molecular weight excluding hydrogens is 323 g/mol. The number of aromatic nitrogens is 2. The second-order valence-corrected chi connectivity index (χ2v) is 5.52. The molecule has 0 fully saturated rings. The monoisotopic (exact) mass is 338 g/mol. The van der Waals surface area contributed by atoms with Crippen LogP contribution in [0.4, 0.5) is 4.39 Å². The predicted molar refractivity (Wildman–Crippen MR) is 91.4 cm³/mol. The van der Waals surface area contributed by atoms with Gasteiger partial charge < -0.3 is 4.74 Å². The molecule has 0 aliphatic heterocycles. The second kappa shape index (κ2) is 7.09. The van der Waals surface area contributed by atoms with E-state index < -0.39 is 5.97 Å². The van der Waals surface area contributed by atoms with Gasteiger partial charge >= 0.3 is 5.97 Å². The van der Waals surface area contributed by atoms with E-state index in [1.54, 1.807) is 24.4 Å². The number of benzene rings is 1. The number of fused-ring (bicyclic) bond motifs is 1. The molecule has 0 spiro atoms. The maximum Gasteiger partial charge on any atom is 0.331 e. The van der Waals surface area contributed by atoms with Gasteiger partial charge in [0.2, 0.25) is 0 Å². The first-order chi connectivity index (χ1) is 12.0. The van der Waals surface area contributed by atoms with E-state index in [0.29, 0.717) is 16.9 Å². The van der Waals surface area contributed by atoms with Gasteiger partial charge in [0.25, 0.3) is 5.56 Å². The molecule has 2 aromatic heterocycles. The maximum absolute atomic E-state index is 13.1. The summed E-state index contributed by atoms with van der Waals surface area (Å²) >= 11 is 0. The summed E-state index contributed by atoms with van der Waals surface area (Å²) < 4.78 is 19.6. The van der Waals surface area contributed by atoms with E-state index in [2.05, 4.69) is 4.98 Å². The molecule has 1 aromatic carbocycles. The smallest absolute Gasteiger partial charge is 0.331 e. The topological polar surface area (TPSA) is 60.7 Å². The Morgan fingerprint density at radius 2 is 2.12 bits per heavy atom. The summed E-state index contributed by atoms with van der Waals surface area (Å²) in [5, 5.41) is 0. The van der Waals surface area contributed by atoms with Crippen LogP contribution in [0.25, 0.3) is 11.7 Å². The highest BCUT2D eigenvalue weighted by Gasteiger charge is 2.05. The minimum atomic E-state index is -0.602. The molecule has 0 N–H and O–H groups in total. The van der Waals surface area contributed by atoms with Crippen LogP contribution in [-0.2, 0) is 16.1 Å². The molecule has 0 bridgehead atoms. The van der Waals surface area contributed by atoms with E-state index in [1.807, 2.05) is 13.0 Å². The van der Waals surface area contributed by atoms with Gasteiger partial charge in [0.05, 0.1) is 5.69 Å². The Morgan fingerprint density at radius 3 is 2.92 bits per heavy atom. The van der Waals surface area contributed by atoms with Gasteiger partial charge in [0.1, 0.15) is 18.1 Å². The van der Waals surface area contributed by atoms with Crippen molar-refractivity contribution in [3.63, 3.8) is 0 Å². The molecule has 5 nitrogen and oxygen atoms in total. The highest BCUT2D eigenvalue weighted by atomic mass is 19.1. The molecule has 126 valence electrons. The molecular formula is C19H15FN2O3. The number of nitrogens with zero attached hydrogens (tertiary/aromatic N) is 2. The van der Waals surface area contributed by atoms with Crippen LogP contribution in [0.15, 0.2) is 59.5 Å². The first kappa shape index (κ1) is 16.6. The van der Waals surface area contributed by atoms with E-state index >= 15 is 0 Å². The van der Waals surface area contributed by atoms with Crippen molar-refractivity contribution in [2.75, 3.05) is 0 Å². The fraction of sp³-hybridized carbons (Fsp3) is 0.105. The molecule has 3 rings (SSSR count). The molecule has 0 amide bonds. The lowest BCUT2D eigenvalue weighted by atomic mass is 10.2. The summed E-state index contributed by atoms with van der Waals surface area (Å²) in [7, 11) is 0. The van der Waals surface area contributed by atoms with Crippen molar-refractivity contribution in [3.05, 3.63) is 87.7 Å². The lowest BCUT2D eigenvalue weighted by Gasteiger charge is -2.05. The zero-order chi connectivity index (χ0) is 17.8. The molecule has 0 unspecified atom stereocenters. The highest BCUT2D eigenvalue weighted by molar-refractivity contribution is 5.87. The molecule has 0 radical (unpaired) electrons. The number of hydrogen-bond donors (Lipinski definition) is 0. The summed E-state index contributed by atoms with van der Waals surface area (Å²) in [6, 6.07) is 10.7.